The molecule has 1 heterocycles. The van der Waals surface area contributed by atoms with Crippen LogP contribution in [0.25, 0.3) is 11.0 Å². The van der Waals surface area contributed by atoms with Crippen LogP contribution < -0.4 is 40.3 Å². The summed E-state index contributed by atoms with van der Waals surface area (Å²) in [5.74, 6) is -0.354. The van der Waals surface area contributed by atoms with Gasteiger partial charge in [-0.3, -0.25) is 4.79 Å². The largest absolute Gasteiger partial charge is 1.00 e. The zero-order valence-corrected chi connectivity index (χ0v) is 15.5. The zero-order chi connectivity index (χ0) is 16.2. The molecule has 0 aliphatic rings. The van der Waals surface area contributed by atoms with E-state index in [9.17, 15) is 14.7 Å². The molecule has 0 N–H and O–H groups in total. The van der Waals surface area contributed by atoms with Gasteiger partial charge in [-0.2, -0.15) is 0 Å². The molecule has 0 aliphatic heterocycles. The van der Waals surface area contributed by atoms with Crippen molar-refractivity contribution in [2.75, 3.05) is 0 Å². The Morgan fingerprint density at radius 2 is 1.67 bits per heavy atom. The van der Waals surface area contributed by atoms with Crippen LogP contribution in [0.3, 0.4) is 0 Å². The number of para-hydroxylation sites is 1. The van der Waals surface area contributed by atoms with Crippen molar-refractivity contribution in [2.24, 2.45) is 0 Å². The molecule has 2 aromatic carbocycles. The van der Waals surface area contributed by atoms with Crippen LogP contribution in [0.5, 0.6) is 5.75 Å². The van der Waals surface area contributed by atoms with Crippen LogP contribution in [-0.4, -0.2) is 5.78 Å². The number of rotatable bonds is 5. The smallest absolute Gasteiger partial charge is 0.872 e. The molecule has 0 radical (unpaired) electrons. The van der Waals surface area contributed by atoms with Gasteiger partial charge in [0.2, 0.25) is 0 Å². The Morgan fingerprint density at radius 3 is 2.42 bits per heavy atom. The first-order chi connectivity index (χ1) is 11.1. The fourth-order valence-electron chi connectivity index (χ4n) is 2.55. The van der Waals surface area contributed by atoms with E-state index in [1.165, 1.54) is 0 Å². The standard InChI is InChI=1S/C19H16O4.Na/c20-14(12-13-6-2-1-3-7-13)10-11-16-18(21)15-8-4-5-9-17(15)23-19(16)22;/h1-9,21H,10-12H2;/q;+1/p-1. The molecule has 24 heavy (non-hydrogen) atoms. The van der Waals surface area contributed by atoms with Crippen molar-refractivity contribution in [2.45, 2.75) is 19.3 Å². The average molecular weight is 330 g/mol. The Hall–Kier alpha value is -1.88. The first-order valence-corrected chi connectivity index (χ1v) is 7.42. The number of hydrogen-bond acceptors (Lipinski definition) is 4. The van der Waals surface area contributed by atoms with Crippen LogP contribution in [-0.2, 0) is 17.6 Å². The van der Waals surface area contributed by atoms with E-state index < -0.39 is 5.63 Å². The second-order valence-corrected chi connectivity index (χ2v) is 5.39. The van der Waals surface area contributed by atoms with E-state index in [1.807, 2.05) is 30.3 Å². The van der Waals surface area contributed by atoms with Gasteiger partial charge in [0.25, 0.3) is 0 Å². The van der Waals surface area contributed by atoms with E-state index in [1.54, 1.807) is 24.3 Å². The van der Waals surface area contributed by atoms with Gasteiger partial charge in [0.1, 0.15) is 11.4 Å². The number of carbonyl (C=O) groups is 1. The molecule has 0 atom stereocenters. The fourth-order valence-corrected chi connectivity index (χ4v) is 2.55. The van der Waals surface area contributed by atoms with Crippen molar-refractivity contribution in [3.05, 3.63) is 76.1 Å². The molecule has 3 rings (SSSR count). The Morgan fingerprint density at radius 1 is 1.00 bits per heavy atom. The molecule has 0 saturated heterocycles. The summed E-state index contributed by atoms with van der Waals surface area (Å²) in [7, 11) is 0. The van der Waals surface area contributed by atoms with Gasteiger partial charge in [0.05, 0.1) is 0 Å². The normalized spacial score (nSPS) is 10.3. The minimum absolute atomic E-state index is 0. The Kier molecular flexibility index (Phi) is 6.37. The number of benzene rings is 2. The van der Waals surface area contributed by atoms with Gasteiger partial charge in [-0.15, -0.1) is 0 Å². The Balaban J connectivity index is 0.00000208. The summed E-state index contributed by atoms with van der Waals surface area (Å²) < 4.78 is 5.16. The van der Waals surface area contributed by atoms with Crippen LogP contribution >= 0.6 is 0 Å². The maximum atomic E-state index is 12.3. The molecule has 3 aromatic rings. The molecule has 116 valence electrons. The van der Waals surface area contributed by atoms with Gasteiger partial charge in [-0.05, 0) is 18.1 Å². The fraction of sp³-hybridized carbons (Fsp3) is 0.158. The van der Waals surface area contributed by atoms with E-state index in [0.29, 0.717) is 11.8 Å². The zero-order valence-electron chi connectivity index (χ0n) is 13.5. The number of fused-ring (bicyclic) bond motifs is 1. The third-order valence-electron chi connectivity index (χ3n) is 3.75. The number of carbonyl (C=O) groups excluding carboxylic acids is 1. The summed E-state index contributed by atoms with van der Waals surface area (Å²) in [6, 6.07) is 16.0. The monoisotopic (exact) mass is 330 g/mol. The van der Waals surface area contributed by atoms with Crippen molar-refractivity contribution in [1.29, 1.82) is 0 Å². The molecule has 1 aromatic heterocycles. The SMILES string of the molecule is O=C(CCc1c([O-])c2ccccc2oc1=O)Cc1ccccc1.[Na+]. The maximum Gasteiger partial charge on any atom is 1.00 e. The molecule has 0 aliphatic carbocycles. The average Bonchev–Trinajstić information content (AvgIpc) is 2.55. The van der Waals surface area contributed by atoms with Crippen LogP contribution in [0, 0.1) is 0 Å². The minimum atomic E-state index is -0.652. The molecular weight excluding hydrogens is 315 g/mol. The third kappa shape index (κ3) is 4.15. The van der Waals surface area contributed by atoms with Gasteiger partial charge < -0.3 is 9.52 Å². The van der Waals surface area contributed by atoms with Crippen molar-refractivity contribution in [3.8, 4) is 5.75 Å². The van der Waals surface area contributed by atoms with E-state index in [2.05, 4.69) is 0 Å². The second-order valence-electron chi connectivity index (χ2n) is 5.39. The van der Waals surface area contributed by atoms with Crippen molar-refractivity contribution < 1.29 is 43.9 Å². The van der Waals surface area contributed by atoms with Crippen LogP contribution in [0.4, 0.5) is 0 Å². The van der Waals surface area contributed by atoms with Gasteiger partial charge >= 0.3 is 35.2 Å². The topological polar surface area (TPSA) is 70.3 Å². The number of Topliss-reactive ketones (excluding diaryl/α,β-unsaturated/α-hetero) is 1. The summed E-state index contributed by atoms with van der Waals surface area (Å²) in [5.41, 5.74) is 0.596. The first-order valence-electron chi connectivity index (χ1n) is 7.42. The predicted octanol–water partition coefficient (Wildman–Crippen LogP) is -0.385. The van der Waals surface area contributed by atoms with Gasteiger partial charge in [-0.25, -0.2) is 4.79 Å². The van der Waals surface area contributed by atoms with E-state index in [-0.39, 0.29) is 65.1 Å². The number of hydrogen-bond donors (Lipinski definition) is 0. The van der Waals surface area contributed by atoms with Gasteiger partial charge in [0.15, 0.2) is 0 Å². The molecule has 0 spiro atoms. The third-order valence-corrected chi connectivity index (χ3v) is 3.75. The summed E-state index contributed by atoms with van der Waals surface area (Å²) in [6.07, 6.45) is 0.554. The minimum Gasteiger partial charge on any atom is -0.872 e. The number of ketones is 1. The molecule has 4 nitrogen and oxygen atoms in total. The van der Waals surface area contributed by atoms with Crippen LogP contribution in [0.1, 0.15) is 17.5 Å². The quantitative estimate of drug-likeness (QED) is 0.472. The van der Waals surface area contributed by atoms with E-state index in [4.69, 9.17) is 4.42 Å². The maximum absolute atomic E-state index is 12.3. The Bertz CT molecular complexity index is 900. The molecular formula is C19H15NaO4. The van der Waals surface area contributed by atoms with E-state index >= 15 is 0 Å². The van der Waals surface area contributed by atoms with Crippen LogP contribution in [0.2, 0.25) is 0 Å². The van der Waals surface area contributed by atoms with Crippen LogP contribution in [0.15, 0.2) is 63.8 Å². The molecule has 0 unspecified atom stereocenters. The predicted molar refractivity (Wildman–Crippen MR) is 85.4 cm³/mol. The first kappa shape index (κ1) is 18.5. The molecule has 0 amide bonds. The van der Waals surface area contributed by atoms with Crippen molar-refractivity contribution in [3.63, 3.8) is 0 Å². The summed E-state index contributed by atoms with van der Waals surface area (Å²) in [6.45, 7) is 0. The second kappa shape index (κ2) is 8.29. The van der Waals surface area contributed by atoms with Crippen molar-refractivity contribution >= 4 is 16.8 Å². The molecule has 0 fully saturated rings. The molecule has 5 heteroatoms. The van der Waals surface area contributed by atoms with Gasteiger partial charge in [0, 0.05) is 23.8 Å². The van der Waals surface area contributed by atoms with Crippen molar-refractivity contribution in [1.82, 2.24) is 0 Å². The van der Waals surface area contributed by atoms with Gasteiger partial charge in [-0.1, -0.05) is 54.3 Å². The Labute approximate surface area is 161 Å². The summed E-state index contributed by atoms with van der Waals surface area (Å²) in [5, 5.41) is 12.7. The summed E-state index contributed by atoms with van der Waals surface area (Å²) >= 11 is 0. The summed E-state index contributed by atoms with van der Waals surface area (Å²) in [4.78, 5) is 24.0. The molecule has 0 bridgehead atoms. The van der Waals surface area contributed by atoms with E-state index in [0.717, 1.165) is 5.56 Å². The molecule has 0 saturated carbocycles.